The van der Waals surface area contributed by atoms with Crippen molar-refractivity contribution in [1.82, 2.24) is 4.90 Å². The molecule has 2 amide bonds. The molecule has 1 aliphatic heterocycles. The average molecular weight is 501 g/mol. The first-order chi connectivity index (χ1) is 16.9. The Balaban J connectivity index is 1.86. The summed E-state index contributed by atoms with van der Waals surface area (Å²) in [5.41, 5.74) is 1.37. The Labute approximate surface area is 208 Å². The summed E-state index contributed by atoms with van der Waals surface area (Å²) in [6.45, 7) is 1.77. The van der Waals surface area contributed by atoms with E-state index in [1.54, 1.807) is 19.1 Å². The predicted molar refractivity (Wildman–Crippen MR) is 130 cm³/mol. The lowest BCUT2D eigenvalue weighted by Crippen LogP contribution is -2.53. The molecule has 1 heterocycles. The number of thioether (sulfide) groups is 1. The number of aliphatic carboxylic acids is 1. The van der Waals surface area contributed by atoms with Crippen molar-refractivity contribution >= 4 is 41.4 Å². The molecule has 35 heavy (non-hydrogen) atoms. The van der Waals surface area contributed by atoms with Gasteiger partial charge in [0.05, 0.1) is 25.1 Å². The maximum absolute atomic E-state index is 13.7. The van der Waals surface area contributed by atoms with E-state index in [0.717, 1.165) is 10.5 Å². The van der Waals surface area contributed by atoms with E-state index in [-0.39, 0.29) is 44.9 Å². The molecule has 1 aliphatic rings. The standard InChI is InChI=1S/C25H28N2O7S/c1-2-33-23(30)13-15-27(25(32)34-16-18-8-4-3-5-9-18)20-17-35-21-11-7-6-10-19(21)26(24(20)31)14-12-22(28)29/h3-11,20H,2,12-17H2,1H3,(H,28,29). The molecule has 0 radical (unpaired) electrons. The third-order valence-electron chi connectivity index (χ3n) is 5.33. The van der Waals surface area contributed by atoms with Crippen LogP contribution in [0.3, 0.4) is 0 Å². The van der Waals surface area contributed by atoms with Crippen LogP contribution in [-0.2, 0) is 30.5 Å². The van der Waals surface area contributed by atoms with Crippen LogP contribution in [0.25, 0.3) is 0 Å². The number of carboxylic acids is 1. The second-order valence-corrected chi connectivity index (χ2v) is 8.78. The highest BCUT2D eigenvalue weighted by Gasteiger charge is 2.38. The van der Waals surface area contributed by atoms with Crippen molar-refractivity contribution in [3.63, 3.8) is 0 Å². The number of carbonyl (C=O) groups is 4. The minimum atomic E-state index is -1.04. The van der Waals surface area contributed by atoms with Crippen molar-refractivity contribution < 1.29 is 33.8 Å². The molecule has 2 aromatic rings. The van der Waals surface area contributed by atoms with Crippen molar-refractivity contribution in [1.29, 1.82) is 0 Å². The van der Waals surface area contributed by atoms with Gasteiger partial charge in [-0.3, -0.25) is 19.3 Å². The molecule has 9 nitrogen and oxygen atoms in total. The van der Waals surface area contributed by atoms with Crippen molar-refractivity contribution in [2.75, 3.05) is 30.3 Å². The Morgan fingerprint density at radius 2 is 1.77 bits per heavy atom. The minimum absolute atomic E-state index is 0.00653. The molecule has 0 aromatic heterocycles. The quantitative estimate of drug-likeness (QED) is 0.493. The number of benzene rings is 2. The van der Waals surface area contributed by atoms with Crippen LogP contribution in [0.2, 0.25) is 0 Å². The zero-order valence-corrected chi connectivity index (χ0v) is 20.2. The normalized spacial score (nSPS) is 15.1. The fraction of sp³-hybridized carbons (Fsp3) is 0.360. The fourth-order valence-corrected chi connectivity index (χ4v) is 4.78. The van der Waals surface area contributed by atoms with Gasteiger partial charge < -0.3 is 19.5 Å². The van der Waals surface area contributed by atoms with Crippen LogP contribution >= 0.6 is 11.8 Å². The monoisotopic (exact) mass is 500 g/mol. The number of carbonyl (C=O) groups excluding carboxylic acids is 3. The first kappa shape index (κ1) is 26.1. The second-order valence-electron chi connectivity index (χ2n) is 7.72. The molecule has 1 atom stereocenters. The van der Waals surface area contributed by atoms with Crippen LogP contribution in [0.5, 0.6) is 0 Å². The van der Waals surface area contributed by atoms with Crippen molar-refractivity contribution in [3.8, 4) is 0 Å². The molecule has 0 saturated heterocycles. The van der Waals surface area contributed by atoms with Crippen LogP contribution in [0.1, 0.15) is 25.3 Å². The van der Waals surface area contributed by atoms with E-state index in [2.05, 4.69) is 0 Å². The summed E-state index contributed by atoms with van der Waals surface area (Å²) in [5.74, 6) is -1.73. The topological polar surface area (TPSA) is 113 Å². The highest BCUT2D eigenvalue weighted by atomic mass is 32.2. The van der Waals surface area contributed by atoms with Crippen molar-refractivity contribution in [2.24, 2.45) is 0 Å². The SMILES string of the molecule is CCOC(=O)CCN(C(=O)OCc1ccccc1)C1CSc2ccccc2N(CCC(=O)O)C1=O. The summed E-state index contributed by atoms with van der Waals surface area (Å²) >= 11 is 1.39. The van der Waals surface area contributed by atoms with E-state index in [0.29, 0.717) is 5.69 Å². The molecular formula is C25H28N2O7S. The van der Waals surface area contributed by atoms with Crippen LogP contribution in [-0.4, -0.2) is 65.4 Å². The lowest BCUT2D eigenvalue weighted by atomic mass is 10.2. The average Bonchev–Trinajstić information content (AvgIpc) is 2.99. The summed E-state index contributed by atoms with van der Waals surface area (Å²) in [6, 6.07) is 15.4. The number of anilines is 1. The lowest BCUT2D eigenvalue weighted by molar-refractivity contribution is -0.144. The highest BCUT2D eigenvalue weighted by molar-refractivity contribution is 7.99. The van der Waals surface area contributed by atoms with E-state index < -0.39 is 30.0 Å². The molecular weight excluding hydrogens is 472 g/mol. The Morgan fingerprint density at radius 1 is 1.06 bits per heavy atom. The number of fused-ring (bicyclic) bond motifs is 1. The summed E-state index contributed by atoms with van der Waals surface area (Å²) in [4.78, 5) is 53.6. The smallest absolute Gasteiger partial charge is 0.410 e. The molecule has 0 bridgehead atoms. The van der Waals surface area contributed by atoms with Gasteiger partial charge in [0.1, 0.15) is 12.6 Å². The molecule has 0 saturated carbocycles. The Kier molecular flexibility index (Phi) is 9.54. The Bertz CT molecular complexity index is 1050. The van der Waals surface area contributed by atoms with Gasteiger partial charge in [-0.15, -0.1) is 11.8 Å². The molecule has 1 N–H and O–H groups in total. The molecule has 0 aliphatic carbocycles. The predicted octanol–water partition coefficient (Wildman–Crippen LogP) is 3.56. The van der Waals surface area contributed by atoms with Gasteiger partial charge in [-0.05, 0) is 24.6 Å². The van der Waals surface area contributed by atoms with Gasteiger partial charge in [0, 0.05) is 23.7 Å². The Hall–Kier alpha value is -3.53. The van der Waals surface area contributed by atoms with Gasteiger partial charge in [0.25, 0.3) is 5.91 Å². The zero-order chi connectivity index (χ0) is 25.2. The number of hydrogen-bond donors (Lipinski definition) is 1. The molecule has 3 rings (SSSR count). The third-order valence-corrected chi connectivity index (χ3v) is 6.47. The number of amides is 2. The zero-order valence-electron chi connectivity index (χ0n) is 19.4. The summed E-state index contributed by atoms with van der Waals surface area (Å²) in [5, 5.41) is 9.21. The second kappa shape index (κ2) is 12.8. The van der Waals surface area contributed by atoms with Gasteiger partial charge in [0.15, 0.2) is 0 Å². The lowest BCUT2D eigenvalue weighted by Gasteiger charge is -2.32. The number of rotatable bonds is 10. The van der Waals surface area contributed by atoms with Crippen molar-refractivity contribution in [3.05, 3.63) is 60.2 Å². The first-order valence-corrected chi connectivity index (χ1v) is 12.3. The van der Waals surface area contributed by atoms with E-state index in [9.17, 15) is 24.3 Å². The number of para-hydroxylation sites is 1. The minimum Gasteiger partial charge on any atom is -0.481 e. The van der Waals surface area contributed by atoms with Crippen LogP contribution in [0.4, 0.5) is 10.5 Å². The summed E-state index contributed by atoms with van der Waals surface area (Å²) in [7, 11) is 0. The van der Waals surface area contributed by atoms with Crippen LogP contribution in [0.15, 0.2) is 59.5 Å². The largest absolute Gasteiger partial charge is 0.481 e. The van der Waals surface area contributed by atoms with Crippen molar-refractivity contribution in [2.45, 2.75) is 37.3 Å². The van der Waals surface area contributed by atoms with Gasteiger partial charge in [0.2, 0.25) is 0 Å². The van der Waals surface area contributed by atoms with E-state index in [1.807, 2.05) is 42.5 Å². The number of ether oxygens (including phenoxy) is 2. The van der Waals surface area contributed by atoms with E-state index in [1.165, 1.54) is 21.6 Å². The van der Waals surface area contributed by atoms with E-state index >= 15 is 0 Å². The van der Waals surface area contributed by atoms with Crippen LogP contribution in [0, 0.1) is 0 Å². The number of carboxylic acid groups (broad SMARTS) is 1. The first-order valence-electron chi connectivity index (χ1n) is 11.3. The van der Waals surface area contributed by atoms with Gasteiger partial charge in [-0.25, -0.2) is 4.79 Å². The summed E-state index contributed by atoms with van der Waals surface area (Å²) < 4.78 is 10.5. The Morgan fingerprint density at radius 3 is 2.49 bits per heavy atom. The van der Waals surface area contributed by atoms with Gasteiger partial charge in [-0.1, -0.05) is 42.5 Å². The molecule has 10 heteroatoms. The molecule has 186 valence electrons. The maximum Gasteiger partial charge on any atom is 0.410 e. The van der Waals surface area contributed by atoms with Gasteiger partial charge in [-0.2, -0.15) is 0 Å². The summed E-state index contributed by atoms with van der Waals surface area (Å²) in [6.07, 6.45) is -1.09. The molecule has 1 unspecified atom stereocenters. The molecule has 0 spiro atoms. The third kappa shape index (κ3) is 7.22. The number of hydrogen-bond acceptors (Lipinski definition) is 7. The van der Waals surface area contributed by atoms with Gasteiger partial charge >= 0.3 is 18.0 Å². The highest BCUT2D eigenvalue weighted by Crippen LogP contribution is 2.35. The fourth-order valence-electron chi connectivity index (χ4n) is 3.62. The van der Waals surface area contributed by atoms with E-state index in [4.69, 9.17) is 9.47 Å². The number of esters is 1. The number of nitrogens with zero attached hydrogens (tertiary/aromatic N) is 2. The molecule has 2 aromatic carbocycles. The van der Waals surface area contributed by atoms with Crippen LogP contribution < -0.4 is 4.90 Å². The maximum atomic E-state index is 13.7. The molecule has 0 fully saturated rings.